The maximum absolute atomic E-state index is 12.8. The summed E-state index contributed by atoms with van der Waals surface area (Å²) in [5.41, 5.74) is 0.737. The number of halogens is 1. The van der Waals surface area contributed by atoms with Gasteiger partial charge in [-0.05, 0) is 62.5 Å². The fraction of sp³-hybridized carbons (Fsp3) is 0.619. The average Bonchev–Trinajstić information content (AvgIpc) is 3.48. The van der Waals surface area contributed by atoms with Crippen LogP contribution in [0.4, 0.5) is 0 Å². The molecular weight excluding hydrogens is 364 g/mol. The summed E-state index contributed by atoms with van der Waals surface area (Å²) in [6, 6.07) is 8.19. The van der Waals surface area contributed by atoms with E-state index >= 15 is 0 Å². The van der Waals surface area contributed by atoms with Gasteiger partial charge in [0.05, 0.1) is 12.0 Å². The van der Waals surface area contributed by atoms with Crippen LogP contribution in [0.15, 0.2) is 24.3 Å². The van der Waals surface area contributed by atoms with Crippen LogP contribution in [0.5, 0.6) is 0 Å². The molecule has 3 fully saturated rings. The molecule has 0 saturated heterocycles. The summed E-state index contributed by atoms with van der Waals surface area (Å²) in [4.78, 5) is 26.1. The van der Waals surface area contributed by atoms with Crippen molar-refractivity contribution >= 4 is 23.5 Å². The van der Waals surface area contributed by atoms with Gasteiger partial charge in [-0.15, -0.1) is 0 Å². The van der Waals surface area contributed by atoms with Gasteiger partial charge in [0.1, 0.15) is 0 Å². The van der Waals surface area contributed by atoms with Crippen molar-refractivity contribution in [1.29, 1.82) is 0 Å². The van der Waals surface area contributed by atoms with Crippen LogP contribution in [0.25, 0.3) is 0 Å². The molecule has 0 unspecified atom stereocenters. The molecule has 4 rings (SSSR count). The maximum atomic E-state index is 12.8. The second kappa shape index (κ2) is 7.44. The van der Waals surface area contributed by atoms with E-state index in [1.165, 1.54) is 12.8 Å². The Balaban J connectivity index is 1.28. The Morgan fingerprint density at radius 2 is 1.93 bits per heavy atom. The number of nitrogens with zero attached hydrogens (tertiary/aromatic N) is 1. The molecule has 0 spiro atoms. The summed E-state index contributed by atoms with van der Waals surface area (Å²) in [5.74, 6) is 0.0426. The van der Waals surface area contributed by atoms with E-state index in [1.807, 2.05) is 24.3 Å². The first-order valence-electron chi connectivity index (χ1n) is 9.95. The molecule has 2 N–H and O–H groups in total. The summed E-state index contributed by atoms with van der Waals surface area (Å²) in [7, 11) is 0. The molecule has 1 amide bonds. The minimum Gasteiger partial charge on any atom is -0.480 e. The topological polar surface area (TPSA) is 69.6 Å². The number of nitrogens with one attached hydrogen (secondary N) is 1. The largest absolute Gasteiger partial charge is 0.480 e. The number of carboxylic acids is 1. The highest BCUT2D eigenvalue weighted by molar-refractivity contribution is 6.31. The van der Waals surface area contributed by atoms with Crippen LogP contribution in [0.2, 0.25) is 5.02 Å². The van der Waals surface area contributed by atoms with Gasteiger partial charge in [-0.3, -0.25) is 14.5 Å². The van der Waals surface area contributed by atoms with Crippen LogP contribution in [0.3, 0.4) is 0 Å². The molecule has 3 aliphatic carbocycles. The van der Waals surface area contributed by atoms with Crippen molar-refractivity contribution in [1.82, 2.24) is 10.2 Å². The molecule has 3 saturated carbocycles. The third kappa shape index (κ3) is 4.46. The van der Waals surface area contributed by atoms with Gasteiger partial charge in [0.15, 0.2) is 0 Å². The second-order valence-electron chi connectivity index (χ2n) is 8.61. The molecule has 146 valence electrons. The van der Waals surface area contributed by atoms with Gasteiger partial charge >= 0.3 is 5.97 Å². The first-order chi connectivity index (χ1) is 12.9. The zero-order valence-corrected chi connectivity index (χ0v) is 16.3. The molecule has 0 aliphatic heterocycles. The first-order valence-corrected chi connectivity index (χ1v) is 10.3. The maximum Gasteiger partial charge on any atom is 0.317 e. The molecule has 0 atom stereocenters. The van der Waals surface area contributed by atoms with Crippen LogP contribution in [0, 0.1) is 11.3 Å². The van der Waals surface area contributed by atoms with Crippen molar-refractivity contribution in [3.05, 3.63) is 34.9 Å². The van der Waals surface area contributed by atoms with Gasteiger partial charge in [-0.1, -0.05) is 29.8 Å². The van der Waals surface area contributed by atoms with E-state index in [0.29, 0.717) is 12.3 Å². The van der Waals surface area contributed by atoms with E-state index < -0.39 is 5.97 Å². The Hall–Kier alpha value is -1.59. The fourth-order valence-electron chi connectivity index (χ4n) is 4.13. The molecule has 5 nitrogen and oxygen atoms in total. The number of hydrogen-bond donors (Lipinski definition) is 2. The van der Waals surface area contributed by atoms with Crippen LogP contribution in [-0.2, 0) is 16.0 Å². The van der Waals surface area contributed by atoms with Crippen LogP contribution in [0.1, 0.15) is 44.1 Å². The van der Waals surface area contributed by atoms with Crippen LogP contribution in [-0.4, -0.2) is 47.1 Å². The van der Waals surface area contributed by atoms with E-state index in [9.17, 15) is 9.59 Å². The summed E-state index contributed by atoms with van der Waals surface area (Å²) >= 11 is 6.26. The predicted octanol–water partition coefficient (Wildman–Crippen LogP) is 3.11. The van der Waals surface area contributed by atoms with Gasteiger partial charge in [0.2, 0.25) is 5.91 Å². The number of hydrogen-bond acceptors (Lipinski definition) is 3. The first kappa shape index (κ1) is 18.8. The summed E-state index contributed by atoms with van der Waals surface area (Å²) < 4.78 is 0. The highest BCUT2D eigenvalue weighted by Crippen LogP contribution is 2.49. The quantitative estimate of drug-likeness (QED) is 0.679. The van der Waals surface area contributed by atoms with Gasteiger partial charge in [0, 0.05) is 23.7 Å². The van der Waals surface area contributed by atoms with Crippen LogP contribution >= 0.6 is 11.6 Å². The molecule has 27 heavy (non-hydrogen) atoms. The molecule has 0 bridgehead atoms. The van der Waals surface area contributed by atoms with E-state index in [2.05, 4.69) is 10.2 Å². The third-order valence-electron chi connectivity index (χ3n) is 6.31. The Kier molecular flexibility index (Phi) is 5.17. The van der Waals surface area contributed by atoms with E-state index in [0.717, 1.165) is 42.8 Å². The van der Waals surface area contributed by atoms with Gasteiger partial charge in [0.25, 0.3) is 0 Å². The number of benzene rings is 1. The number of amides is 1. The SMILES string of the molecule is O=C(O)CN(CC1CC1)C1CC(NC(=O)C2(Cc3ccccc3Cl)CC2)C1. The predicted molar refractivity (Wildman–Crippen MR) is 104 cm³/mol. The van der Waals surface area contributed by atoms with Crippen molar-refractivity contribution in [2.24, 2.45) is 11.3 Å². The fourth-order valence-corrected chi connectivity index (χ4v) is 4.33. The van der Waals surface area contributed by atoms with Crippen molar-refractivity contribution in [2.45, 2.75) is 57.0 Å². The number of carboxylic acid groups (broad SMARTS) is 1. The lowest BCUT2D eigenvalue weighted by molar-refractivity contribution is -0.140. The number of rotatable bonds is 9. The summed E-state index contributed by atoms with van der Waals surface area (Å²) in [6.07, 6.45) is 6.66. The lowest BCUT2D eigenvalue weighted by atomic mass is 9.84. The monoisotopic (exact) mass is 390 g/mol. The van der Waals surface area contributed by atoms with Crippen molar-refractivity contribution in [3.8, 4) is 0 Å². The van der Waals surface area contributed by atoms with Crippen molar-refractivity contribution in [3.63, 3.8) is 0 Å². The highest BCUT2D eigenvalue weighted by atomic mass is 35.5. The zero-order chi connectivity index (χ0) is 19.0. The average molecular weight is 391 g/mol. The number of carbonyl (C=O) groups excluding carboxylic acids is 1. The minimum atomic E-state index is -0.764. The second-order valence-corrected chi connectivity index (χ2v) is 9.02. The Labute approximate surface area is 165 Å². The lowest BCUT2D eigenvalue weighted by Crippen LogP contribution is -2.56. The highest BCUT2D eigenvalue weighted by Gasteiger charge is 2.51. The van der Waals surface area contributed by atoms with Gasteiger partial charge < -0.3 is 10.4 Å². The lowest BCUT2D eigenvalue weighted by Gasteiger charge is -2.43. The zero-order valence-electron chi connectivity index (χ0n) is 15.5. The molecule has 1 aromatic rings. The molecule has 0 heterocycles. The molecule has 3 aliphatic rings. The normalized spacial score (nSPS) is 25.7. The van der Waals surface area contributed by atoms with Crippen molar-refractivity contribution < 1.29 is 14.7 Å². The molecule has 1 aromatic carbocycles. The van der Waals surface area contributed by atoms with E-state index in [4.69, 9.17) is 16.7 Å². The van der Waals surface area contributed by atoms with E-state index in [1.54, 1.807) is 0 Å². The van der Waals surface area contributed by atoms with Crippen molar-refractivity contribution in [2.75, 3.05) is 13.1 Å². The molecule has 0 aromatic heterocycles. The van der Waals surface area contributed by atoms with Crippen LogP contribution < -0.4 is 5.32 Å². The standard InChI is InChI=1S/C21H27ClN2O3/c22-18-4-2-1-3-15(18)11-21(7-8-21)20(27)23-16-9-17(10-16)24(13-19(25)26)12-14-5-6-14/h1-4,14,16-17H,5-13H2,(H,23,27)(H,25,26). The van der Waals surface area contributed by atoms with Gasteiger partial charge in [-0.2, -0.15) is 0 Å². The number of carbonyl (C=O) groups is 2. The Morgan fingerprint density at radius 1 is 1.22 bits per heavy atom. The molecular formula is C21H27ClN2O3. The smallest absolute Gasteiger partial charge is 0.317 e. The molecule has 0 radical (unpaired) electrons. The van der Waals surface area contributed by atoms with E-state index in [-0.39, 0.29) is 30.0 Å². The van der Waals surface area contributed by atoms with Gasteiger partial charge in [-0.25, -0.2) is 0 Å². The minimum absolute atomic E-state index is 0.109. The Morgan fingerprint density at radius 3 is 2.52 bits per heavy atom. The summed E-state index contributed by atoms with van der Waals surface area (Å²) in [6.45, 7) is 0.992. The number of aliphatic carboxylic acids is 1. The molecule has 6 heteroatoms. The Bertz CT molecular complexity index is 724. The summed E-state index contributed by atoms with van der Waals surface area (Å²) in [5, 5.41) is 13.1. The third-order valence-corrected chi connectivity index (χ3v) is 6.68.